The number of nitrogens with zero attached hydrogens (tertiary/aromatic N) is 1. The van der Waals surface area contributed by atoms with Crippen LogP contribution in [0.25, 0.3) is 0 Å². The molecule has 2 aliphatic heterocycles. The molecule has 0 radical (unpaired) electrons. The van der Waals surface area contributed by atoms with Gasteiger partial charge in [0.1, 0.15) is 5.25 Å². The first kappa shape index (κ1) is 17.3. The van der Waals surface area contributed by atoms with Crippen molar-refractivity contribution in [2.45, 2.75) is 62.8 Å². The molecule has 128 valence electrons. The lowest BCUT2D eigenvalue weighted by Gasteiger charge is -2.56. The third-order valence-corrected chi connectivity index (χ3v) is 7.64. The number of hydrogen-bond donors (Lipinski definition) is 1. The predicted molar refractivity (Wildman–Crippen MR) is 97.5 cm³/mol. The fourth-order valence-electron chi connectivity index (χ4n) is 4.34. The summed E-state index contributed by atoms with van der Waals surface area (Å²) in [7, 11) is 2.26. The standard InChI is InChI=1S/C19H30N2OS/c1-4-15(2)23(22)20-18(17-8-6-5-7-9-17)19-12-10-16(11-13-19)14-21(19)3/h5-9,15-16,18,20H,4,10-14H2,1-3H3. The van der Waals surface area contributed by atoms with Crippen LogP contribution in [0.2, 0.25) is 0 Å². The molecule has 1 aliphatic carbocycles. The van der Waals surface area contributed by atoms with Crippen molar-refractivity contribution >= 4 is 11.4 Å². The Hall–Kier alpha value is -0.550. The minimum atomic E-state index is -0.999. The van der Waals surface area contributed by atoms with E-state index in [1.807, 2.05) is 0 Å². The molecule has 3 unspecified atom stereocenters. The first-order chi connectivity index (χ1) is 11.1. The molecule has 1 N–H and O–H groups in total. The van der Waals surface area contributed by atoms with E-state index in [4.69, 9.17) is 0 Å². The zero-order valence-corrected chi connectivity index (χ0v) is 15.4. The molecule has 3 fully saturated rings. The van der Waals surface area contributed by atoms with Gasteiger partial charge in [-0.1, -0.05) is 37.3 Å². The maximum atomic E-state index is 12.8. The maximum Gasteiger partial charge on any atom is 0.132 e. The van der Waals surface area contributed by atoms with Gasteiger partial charge in [-0.25, -0.2) is 0 Å². The normalized spacial score (nSPS) is 31.7. The summed E-state index contributed by atoms with van der Waals surface area (Å²) in [6.07, 6.45) is 5.97. The second-order valence-corrected chi connectivity index (χ2v) is 9.04. The van der Waals surface area contributed by atoms with E-state index in [1.54, 1.807) is 0 Å². The van der Waals surface area contributed by atoms with Gasteiger partial charge < -0.3 is 4.55 Å². The van der Waals surface area contributed by atoms with Crippen LogP contribution < -0.4 is 4.72 Å². The average Bonchev–Trinajstić information content (AvgIpc) is 2.60. The lowest BCUT2D eigenvalue weighted by Crippen LogP contribution is -2.63. The van der Waals surface area contributed by atoms with Crippen LogP contribution in [-0.4, -0.2) is 33.8 Å². The lowest BCUT2D eigenvalue weighted by molar-refractivity contribution is -0.0372. The smallest absolute Gasteiger partial charge is 0.132 e. The van der Waals surface area contributed by atoms with Gasteiger partial charge in [0.15, 0.2) is 0 Å². The predicted octanol–water partition coefficient (Wildman–Crippen LogP) is 3.65. The summed E-state index contributed by atoms with van der Waals surface area (Å²) < 4.78 is 16.3. The van der Waals surface area contributed by atoms with E-state index >= 15 is 0 Å². The number of likely N-dealkylation sites (N-methyl/N-ethyl adjacent to an activating group) is 1. The summed E-state index contributed by atoms with van der Waals surface area (Å²) in [5, 5.41) is 0.183. The Morgan fingerprint density at radius 1 is 1.30 bits per heavy atom. The van der Waals surface area contributed by atoms with Crippen molar-refractivity contribution in [1.82, 2.24) is 9.62 Å². The van der Waals surface area contributed by atoms with Gasteiger partial charge in [0.2, 0.25) is 0 Å². The topological polar surface area (TPSA) is 38.3 Å². The second kappa shape index (κ2) is 7.14. The maximum absolute atomic E-state index is 12.8. The molecule has 2 saturated heterocycles. The van der Waals surface area contributed by atoms with Crippen molar-refractivity contribution in [2.75, 3.05) is 13.6 Å². The highest BCUT2D eigenvalue weighted by molar-refractivity contribution is 7.90. The molecule has 4 heteroatoms. The lowest BCUT2D eigenvalue weighted by atomic mass is 9.66. The van der Waals surface area contributed by atoms with E-state index in [2.05, 4.69) is 60.8 Å². The van der Waals surface area contributed by atoms with Crippen LogP contribution in [0.1, 0.15) is 57.6 Å². The zero-order chi connectivity index (χ0) is 16.4. The van der Waals surface area contributed by atoms with Crippen LogP contribution in [-0.2, 0) is 11.4 Å². The van der Waals surface area contributed by atoms with Gasteiger partial charge in [-0.3, -0.25) is 4.90 Å². The summed E-state index contributed by atoms with van der Waals surface area (Å²) in [6, 6.07) is 10.8. The van der Waals surface area contributed by atoms with Crippen molar-refractivity contribution in [3.63, 3.8) is 0 Å². The number of hydrogen-bond acceptors (Lipinski definition) is 3. The van der Waals surface area contributed by atoms with Gasteiger partial charge in [0.25, 0.3) is 0 Å². The first-order valence-electron chi connectivity index (χ1n) is 8.99. The van der Waals surface area contributed by atoms with Gasteiger partial charge in [-0.2, -0.15) is 0 Å². The summed E-state index contributed by atoms with van der Waals surface area (Å²) in [5.41, 5.74) is 1.38. The van der Waals surface area contributed by atoms with Crippen LogP contribution in [0.3, 0.4) is 0 Å². The average molecular weight is 335 g/mol. The molecule has 1 saturated carbocycles. The molecule has 1 aromatic carbocycles. The third kappa shape index (κ3) is 3.32. The molecule has 2 bridgehead atoms. The Labute approximate surface area is 144 Å². The molecule has 3 nitrogen and oxygen atoms in total. The number of nitrogens with one attached hydrogen (secondary N) is 1. The number of benzene rings is 1. The monoisotopic (exact) mass is 334 g/mol. The quantitative estimate of drug-likeness (QED) is 0.807. The molecule has 0 aromatic heterocycles. The van der Waals surface area contributed by atoms with Gasteiger partial charge in [-0.05, 0) is 57.6 Å². The van der Waals surface area contributed by atoms with Gasteiger partial charge in [-0.15, -0.1) is 4.72 Å². The summed E-state index contributed by atoms with van der Waals surface area (Å²) >= 11 is -0.999. The number of rotatable bonds is 6. The molecule has 23 heavy (non-hydrogen) atoms. The Morgan fingerprint density at radius 3 is 2.52 bits per heavy atom. The summed E-state index contributed by atoms with van der Waals surface area (Å²) in [5.74, 6) is 0.860. The molecule has 4 rings (SSSR count). The van der Waals surface area contributed by atoms with Crippen molar-refractivity contribution < 1.29 is 4.55 Å². The van der Waals surface area contributed by atoms with Crippen molar-refractivity contribution in [1.29, 1.82) is 0 Å². The molecule has 3 aliphatic rings. The molecule has 0 spiro atoms. The minimum absolute atomic E-state index is 0.110. The molecular weight excluding hydrogens is 304 g/mol. The van der Waals surface area contributed by atoms with E-state index in [0.29, 0.717) is 0 Å². The Balaban J connectivity index is 1.91. The highest BCUT2D eigenvalue weighted by atomic mass is 32.2. The second-order valence-electron chi connectivity index (χ2n) is 7.41. The Bertz CT molecular complexity index is 501. The molecule has 3 atom stereocenters. The van der Waals surface area contributed by atoms with E-state index in [1.165, 1.54) is 37.8 Å². The fourth-order valence-corrected chi connectivity index (χ4v) is 5.46. The van der Waals surface area contributed by atoms with Crippen molar-refractivity contribution in [3.05, 3.63) is 35.9 Å². The van der Waals surface area contributed by atoms with Gasteiger partial charge in [0, 0.05) is 23.4 Å². The van der Waals surface area contributed by atoms with Gasteiger partial charge in [0.05, 0.1) is 6.04 Å². The number of piperidine rings is 2. The van der Waals surface area contributed by atoms with Crippen molar-refractivity contribution in [3.8, 4) is 0 Å². The van der Waals surface area contributed by atoms with Crippen LogP contribution >= 0.6 is 0 Å². The molecular formula is C19H30N2OS. The van der Waals surface area contributed by atoms with Crippen molar-refractivity contribution in [2.24, 2.45) is 5.92 Å². The minimum Gasteiger partial charge on any atom is -0.598 e. The van der Waals surface area contributed by atoms with Crippen LogP contribution in [0.15, 0.2) is 30.3 Å². The zero-order valence-electron chi connectivity index (χ0n) is 14.6. The van der Waals surface area contributed by atoms with Crippen LogP contribution in [0.5, 0.6) is 0 Å². The fraction of sp³-hybridized carbons (Fsp3) is 0.684. The molecule has 0 amide bonds. The molecule has 1 aromatic rings. The van der Waals surface area contributed by atoms with E-state index < -0.39 is 11.4 Å². The van der Waals surface area contributed by atoms with E-state index in [-0.39, 0.29) is 16.8 Å². The van der Waals surface area contributed by atoms with Gasteiger partial charge >= 0.3 is 0 Å². The third-order valence-electron chi connectivity index (χ3n) is 6.11. The Kier molecular flexibility index (Phi) is 5.36. The first-order valence-corrected chi connectivity index (χ1v) is 10.2. The summed E-state index contributed by atoms with van der Waals surface area (Å²) in [4.78, 5) is 2.54. The summed E-state index contributed by atoms with van der Waals surface area (Å²) in [6.45, 7) is 5.36. The largest absolute Gasteiger partial charge is 0.598 e. The van der Waals surface area contributed by atoms with Crippen LogP contribution in [0, 0.1) is 5.92 Å². The highest BCUT2D eigenvalue weighted by Crippen LogP contribution is 2.49. The molecule has 2 heterocycles. The Morgan fingerprint density at radius 2 is 1.96 bits per heavy atom. The van der Waals surface area contributed by atoms with E-state index in [9.17, 15) is 4.55 Å². The van der Waals surface area contributed by atoms with E-state index in [0.717, 1.165) is 12.3 Å². The SMILES string of the molecule is CCC(C)[S+]([O-])NC(c1ccccc1)C12CCC(CC1)CN2C. The van der Waals surface area contributed by atoms with Crippen LogP contribution in [0.4, 0.5) is 0 Å². The number of fused-ring (bicyclic) bond motifs is 3. The highest BCUT2D eigenvalue weighted by Gasteiger charge is 2.51.